The molecular formula is C15H34IN3O4S. The minimum Gasteiger partial charge on any atom is -0.396 e. The lowest BCUT2D eigenvalue weighted by molar-refractivity contribution is 0.154. The molecular weight excluding hydrogens is 445 g/mol. The first-order valence-electron chi connectivity index (χ1n) is 8.31. The third kappa shape index (κ3) is 16.7. The van der Waals surface area contributed by atoms with Crippen LogP contribution in [0.1, 0.15) is 33.1 Å². The molecule has 0 aromatic carbocycles. The third-order valence-corrected chi connectivity index (χ3v) is 4.13. The topological polar surface area (TPSA) is 100 Å². The molecule has 0 spiro atoms. The van der Waals surface area contributed by atoms with E-state index >= 15 is 0 Å². The Kier molecular flexibility index (Phi) is 17.8. The smallest absolute Gasteiger partial charge is 0.191 e. The highest BCUT2D eigenvalue weighted by Crippen LogP contribution is 2.10. The molecule has 3 N–H and O–H groups in total. The van der Waals surface area contributed by atoms with Crippen LogP contribution < -0.4 is 10.6 Å². The van der Waals surface area contributed by atoms with Crippen molar-refractivity contribution >= 4 is 39.8 Å². The fourth-order valence-electron chi connectivity index (χ4n) is 2.03. The Morgan fingerprint density at radius 2 is 1.92 bits per heavy atom. The van der Waals surface area contributed by atoms with E-state index in [0.717, 1.165) is 31.8 Å². The van der Waals surface area contributed by atoms with Crippen molar-refractivity contribution in [1.82, 2.24) is 10.6 Å². The maximum Gasteiger partial charge on any atom is 0.191 e. The molecule has 0 bridgehead atoms. The van der Waals surface area contributed by atoms with Crippen molar-refractivity contribution in [1.29, 1.82) is 0 Å². The summed E-state index contributed by atoms with van der Waals surface area (Å²) in [5.41, 5.74) is 0. The number of hydrogen-bond acceptors (Lipinski definition) is 5. The fraction of sp³-hybridized carbons (Fsp3) is 0.933. The van der Waals surface area contributed by atoms with E-state index in [1.807, 2.05) is 6.92 Å². The number of aliphatic hydroxyl groups is 1. The van der Waals surface area contributed by atoms with Gasteiger partial charge in [-0.25, -0.2) is 8.42 Å². The van der Waals surface area contributed by atoms with Crippen LogP contribution in [0.25, 0.3) is 0 Å². The van der Waals surface area contributed by atoms with Gasteiger partial charge in [0.1, 0.15) is 9.84 Å². The monoisotopic (exact) mass is 479 g/mol. The minimum atomic E-state index is -2.97. The maximum atomic E-state index is 11.0. The van der Waals surface area contributed by atoms with Crippen molar-refractivity contribution in [2.75, 3.05) is 51.5 Å². The summed E-state index contributed by atoms with van der Waals surface area (Å²) < 4.78 is 27.2. The van der Waals surface area contributed by atoms with Crippen LogP contribution >= 0.6 is 24.0 Å². The number of halogens is 1. The normalized spacial score (nSPS) is 13.2. The van der Waals surface area contributed by atoms with Crippen LogP contribution in [0.15, 0.2) is 4.99 Å². The minimum absolute atomic E-state index is 0. The molecule has 0 radical (unpaired) electrons. The molecule has 7 nitrogen and oxygen atoms in total. The largest absolute Gasteiger partial charge is 0.396 e. The van der Waals surface area contributed by atoms with E-state index < -0.39 is 9.84 Å². The predicted molar refractivity (Wildman–Crippen MR) is 110 cm³/mol. The van der Waals surface area contributed by atoms with Crippen molar-refractivity contribution < 1.29 is 18.3 Å². The zero-order valence-electron chi connectivity index (χ0n) is 15.1. The van der Waals surface area contributed by atoms with E-state index in [9.17, 15) is 8.42 Å². The Bertz CT molecular complexity index is 413. The fourth-order valence-corrected chi connectivity index (χ4v) is 2.45. The van der Waals surface area contributed by atoms with Gasteiger partial charge < -0.3 is 20.5 Å². The molecule has 146 valence electrons. The molecule has 1 atom stereocenters. The van der Waals surface area contributed by atoms with Crippen molar-refractivity contribution in [3.63, 3.8) is 0 Å². The van der Waals surface area contributed by atoms with Crippen molar-refractivity contribution in [3.05, 3.63) is 0 Å². The van der Waals surface area contributed by atoms with Crippen LogP contribution in [-0.4, -0.2) is 70.9 Å². The van der Waals surface area contributed by atoms with E-state index in [0.29, 0.717) is 25.6 Å². The number of rotatable bonds is 13. The van der Waals surface area contributed by atoms with E-state index in [-0.39, 0.29) is 42.9 Å². The predicted octanol–water partition coefficient (Wildman–Crippen LogP) is 1.02. The molecule has 0 aliphatic rings. The van der Waals surface area contributed by atoms with E-state index in [1.54, 1.807) is 0 Å². The van der Waals surface area contributed by atoms with Gasteiger partial charge in [0.05, 0.1) is 19.0 Å². The van der Waals surface area contributed by atoms with Gasteiger partial charge in [0.2, 0.25) is 0 Å². The Morgan fingerprint density at radius 3 is 2.46 bits per heavy atom. The van der Waals surface area contributed by atoms with Gasteiger partial charge in [0.25, 0.3) is 0 Å². The van der Waals surface area contributed by atoms with E-state index in [2.05, 4.69) is 22.5 Å². The quantitative estimate of drug-likeness (QED) is 0.158. The molecule has 0 aliphatic heterocycles. The Morgan fingerprint density at radius 1 is 1.21 bits per heavy atom. The first-order valence-corrected chi connectivity index (χ1v) is 10.4. The highest BCUT2D eigenvalue weighted by atomic mass is 127. The summed E-state index contributed by atoms with van der Waals surface area (Å²) in [6, 6.07) is 0. The molecule has 0 rings (SSSR count). The average Bonchev–Trinajstić information content (AvgIpc) is 2.47. The molecule has 0 saturated heterocycles. The maximum absolute atomic E-state index is 11.0. The lowest BCUT2D eigenvalue weighted by atomic mass is 10.0. The van der Waals surface area contributed by atoms with Crippen molar-refractivity contribution in [3.8, 4) is 0 Å². The number of aliphatic hydroxyl groups excluding tert-OH is 1. The van der Waals surface area contributed by atoms with Gasteiger partial charge in [0.15, 0.2) is 5.96 Å². The first-order chi connectivity index (χ1) is 10.9. The molecule has 0 aromatic heterocycles. The highest BCUT2D eigenvalue weighted by Gasteiger charge is 2.07. The van der Waals surface area contributed by atoms with Crippen LogP contribution in [-0.2, 0) is 14.6 Å². The van der Waals surface area contributed by atoms with Gasteiger partial charge >= 0.3 is 0 Å². The first kappa shape index (κ1) is 26.1. The second-order valence-electron chi connectivity index (χ2n) is 5.56. The number of nitrogens with one attached hydrogen (secondary N) is 2. The highest BCUT2D eigenvalue weighted by molar-refractivity contribution is 14.0. The SMILES string of the molecule is CCCC(CCO)CN=C(NCC)NCCOCCS(C)(=O)=O.I. The van der Waals surface area contributed by atoms with Gasteiger partial charge in [-0.05, 0) is 25.7 Å². The van der Waals surface area contributed by atoms with E-state index in [1.165, 1.54) is 6.26 Å². The molecule has 0 heterocycles. The number of guanidine groups is 1. The Hall–Kier alpha value is -0.130. The summed E-state index contributed by atoms with van der Waals surface area (Å²) >= 11 is 0. The summed E-state index contributed by atoms with van der Waals surface area (Å²) in [5.74, 6) is 1.16. The van der Waals surface area contributed by atoms with Crippen molar-refractivity contribution in [2.45, 2.75) is 33.1 Å². The average molecular weight is 479 g/mol. The summed E-state index contributed by atoms with van der Waals surface area (Å²) in [6.07, 6.45) is 4.10. The van der Waals surface area contributed by atoms with Crippen LogP contribution in [0.2, 0.25) is 0 Å². The van der Waals surface area contributed by atoms with Gasteiger partial charge in [0, 0.05) is 32.5 Å². The summed E-state index contributed by atoms with van der Waals surface area (Å²) in [7, 11) is -2.97. The molecule has 24 heavy (non-hydrogen) atoms. The van der Waals surface area contributed by atoms with Gasteiger partial charge in [-0.2, -0.15) is 0 Å². The lowest BCUT2D eigenvalue weighted by Gasteiger charge is -2.15. The second kappa shape index (κ2) is 16.3. The number of nitrogens with zero attached hydrogens (tertiary/aromatic N) is 1. The zero-order chi connectivity index (χ0) is 17.6. The number of hydrogen-bond donors (Lipinski definition) is 3. The Balaban J connectivity index is 0. The second-order valence-corrected chi connectivity index (χ2v) is 7.82. The summed E-state index contributed by atoms with van der Waals surface area (Å²) in [6.45, 7) is 6.96. The van der Waals surface area contributed by atoms with E-state index in [4.69, 9.17) is 9.84 Å². The zero-order valence-corrected chi connectivity index (χ0v) is 18.2. The summed E-state index contributed by atoms with van der Waals surface area (Å²) in [4.78, 5) is 4.54. The third-order valence-electron chi connectivity index (χ3n) is 3.22. The molecule has 0 aromatic rings. The van der Waals surface area contributed by atoms with Crippen LogP contribution in [0.3, 0.4) is 0 Å². The van der Waals surface area contributed by atoms with Crippen LogP contribution in [0.5, 0.6) is 0 Å². The summed E-state index contributed by atoms with van der Waals surface area (Å²) in [5, 5.41) is 15.4. The van der Waals surface area contributed by atoms with Gasteiger partial charge in [-0.15, -0.1) is 24.0 Å². The van der Waals surface area contributed by atoms with Gasteiger partial charge in [-0.1, -0.05) is 13.3 Å². The lowest BCUT2D eigenvalue weighted by Crippen LogP contribution is -2.39. The van der Waals surface area contributed by atoms with Crippen molar-refractivity contribution in [2.24, 2.45) is 10.9 Å². The molecule has 0 fully saturated rings. The number of aliphatic imine (C=N–C) groups is 1. The molecule has 1 unspecified atom stereocenters. The van der Waals surface area contributed by atoms with Crippen LogP contribution in [0, 0.1) is 5.92 Å². The standard InChI is InChI=1S/C15H33N3O4S.HI/c1-4-6-14(7-9-19)13-18-15(16-5-2)17-8-10-22-11-12-23(3,20)21;/h14,19H,4-13H2,1-3H3,(H2,16,17,18);1H. The molecule has 9 heteroatoms. The Labute approximate surface area is 164 Å². The van der Waals surface area contributed by atoms with Gasteiger partial charge in [-0.3, -0.25) is 4.99 Å². The molecule has 0 saturated carbocycles. The number of sulfone groups is 1. The molecule has 0 aliphatic carbocycles. The number of ether oxygens (including phenoxy) is 1. The molecule has 0 amide bonds. The van der Waals surface area contributed by atoms with Crippen LogP contribution in [0.4, 0.5) is 0 Å².